The molecule has 2 heterocycles. The number of fused-ring (bicyclic) bond motifs is 1. The van der Waals surface area contributed by atoms with Gasteiger partial charge in [0.15, 0.2) is 0 Å². The van der Waals surface area contributed by atoms with E-state index in [1.54, 1.807) is 0 Å². The summed E-state index contributed by atoms with van der Waals surface area (Å²) >= 11 is 3.50. The van der Waals surface area contributed by atoms with Crippen LogP contribution in [0.4, 0.5) is 5.69 Å². The van der Waals surface area contributed by atoms with Crippen LogP contribution in [0.5, 0.6) is 0 Å². The van der Waals surface area contributed by atoms with Crippen LogP contribution in [0, 0.1) is 6.92 Å². The van der Waals surface area contributed by atoms with E-state index < -0.39 is 0 Å². The predicted octanol–water partition coefficient (Wildman–Crippen LogP) is 2.27. The maximum absolute atomic E-state index is 11.3. The summed E-state index contributed by atoms with van der Waals surface area (Å²) in [5.74, 6) is 0. The van der Waals surface area contributed by atoms with E-state index in [2.05, 4.69) is 36.3 Å². The minimum atomic E-state index is -0.202. The number of hydrogen-bond acceptors (Lipinski definition) is 3. The molecule has 0 fully saturated rings. The first kappa shape index (κ1) is 13.0. The van der Waals surface area contributed by atoms with Gasteiger partial charge in [0.25, 0.3) is 0 Å². The largest absolute Gasteiger partial charge is 0.380 e. The van der Waals surface area contributed by atoms with Crippen molar-refractivity contribution in [1.82, 2.24) is 19.7 Å². The van der Waals surface area contributed by atoms with Gasteiger partial charge in [-0.15, -0.1) is 0 Å². The van der Waals surface area contributed by atoms with Crippen LogP contribution in [-0.4, -0.2) is 19.7 Å². The first-order valence-electron chi connectivity index (χ1n) is 6.17. The molecule has 0 saturated heterocycles. The third-order valence-corrected chi connectivity index (χ3v) is 4.07. The molecule has 0 bridgehead atoms. The van der Waals surface area contributed by atoms with Gasteiger partial charge in [0, 0.05) is 29.3 Å². The number of aromatic nitrogens is 4. The van der Waals surface area contributed by atoms with Crippen molar-refractivity contribution in [1.29, 1.82) is 0 Å². The Kier molecular flexibility index (Phi) is 3.13. The second kappa shape index (κ2) is 4.82. The molecule has 2 aromatic heterocycles. The summed E-state index contributed by atoms with van der Waals surface area (Å²) in [6, 6.07) is 3.79. The Labute approximate surface area is 123 Å². The summed E-state index contributed by atoms with van der Waals surface area (Å²) in [5.41, 5.74) is 4.56. The molecular weight excluding hydrogens is 322 g/mol. The van der Waals surface area contributed by atoms with E-state index >= 15 is 0 Å². The van der Waals surface area contributed by atoms with Gasteiger partial charge >= 0.3 is 5.69 Å². The van der Waals surface area contributed by atoms with Crippen LogP contribution in [0.15, 0.2) is 27.6 Å². The fourth-order valence-electron chi connectivity index (χ4n) is 2.10. The molecule has 3 N–H and O–H groups in total. The topological polar surface area (TPSA) is 78.5 Å². The van der Waals surface area contributed by atoms with Gasteiger partial charge in [-0.1, -0.05) is 0 Å². The van der Waals surface area contributed by atoms with E-state index in [4.69, 9.17) is 0 Å². The van der Waals surface area contributed by atoms with Crippen molar-refractivity contribution in [3.05, 3.63) is 44.5 Å². The molecule has 7 heteroatoms. The number of nitrogens with zero attached hydrogens (tertiary/aromatic N) is 2. The molecule has 6 nitrogen and oxygen atoms in total. The Morgan fingerprint density at radius 2 is 2.05 bits per heavy atom. The summed E-state index contributed by atoms with van der Waals surface area (Å²) in [4.78, 5) is 16.8. The second-order valence-electron chi connectivity index (χ2n) is 4.69. The SMILES string of the molecule is Cc1c(CNc2cc3[nH]c(=O)[nH]c3cc2Br)cnn1C. The fourth-order valence-corrected chi connectivity index (χ4v) is 2.58. The molecule has 20 heavy (non-hydrogen) atoms. The Balaban J connectivity index is 1.88. The van der Waals surface area contributed by atoms with E-state index in [1.807, 2.05) is 37.0 Å². The minimum Gasteiger partial charge on any atom is -0.380 e. The van der Waals surface area contributed by atoms with Crippen molar-refractivity contribution in [2.24, 2.45) is 7.05 Å². The van der Waals surface area contributed by atoms with E-state index in [0.29, 0.717) is 6.54 Å². The molecule has 0 radical (unpaired) electrons. The lowest BCUT2D eigenvalue weighted by molar-refractivity contribution is 0.738. The van der Waals surface area contributed by atoms with Gasteiger partial charge in [0.2, 0.25) is 0 Å². The van der Waals surface area contributed by atoms with Crippen LogP contribution in [0.1, 0.15) is 11.3 Å². The smallest absolute Gasteiger partial charge is 0.323 e. The Bertz CT molecular complexity index is 829. The van der Waals surface area contributed by atoms with Crippen LogP contribution in [-0.2, 0) is 13.6 Å². The average Bonchev–Trinajstić information content (AvgIpc) is 2.90. The molecule has 0 aliphatic rings. The monoisotopic (exact) mass is 335 g/mol. The molecule has 0 spiro atoms. The number of aromatic amines is 2. The number of nitrogens with one attached hydrogen (secondary N) is 3. The highest BCUT2D eigenvalue weighted by molar-refractivity contribution is 9.10. The molecule has 0 unspecified atom stereocenters. The van der Waals surface area contributed by atoms with Crippen molar-refractivity contribution in [3.63, 3.8) is 0 Å². The lowest BCUT2D eigenvalue weighted by Gasteiger charge is -2.08. The zero-order chi connectivity index (χ0) is 14.3. The van der Waals surface area contributed by atoms with Gasteiger partial charge < -0.3 is 15.3 Å². The van der Waals surface area contributed by atoms with Gasteiger partial charge in [-0.05, 0) is 35.0 Å². The first-order chi connectivity index (χ1) is 9.54. The molecule has 0 saturated carbocycles. The average molecular weight is 336 g/mol. The number of aryl methyl sites for hydroxylation is 1. The standard InChI is InChI=1S/C13H14BrN5O/c1-7-8(6-16-19(7)2)5-15-10-4-12-11(3-9(10)14)17-13(20)18-12/h3-4,6,15H,5H2,1-2H3,(H2,17,18,20). The molecule has 0 amide bonds. The maximum Gasteiger partial charge on any atom is 0.323 e. The molecule has 0 aliphatic carbocycles. The van der Waals surface area contributed by atoms with E-state index in [9.17, 15) is 4.79 Å². The van der Waals surface area contributed by atoms with E-state index in [-0.39, 0.29) is 5.69 Å². The molecule has 1 aromatic carbocycles. The Morgan fingerprint density at radius 1 is 1.35 bits per heavy atom. The molecule has 104 valence electrons. The number of benzene rings is 1. The summed E-state index contributed by atoms with van der Waals surface area (Å²) in [6.07, 6.45) is 1.85. The van der Waals surface area contributed by atoms with Gasteiger partial charge in [0.05, 0.1) is 22.9 Å². The van der Waals surface area contributed by atoms with Crippen molar-refractivity contribution in [3.8, 4) is 0 Å². The molecule has 3 aromatic rings. The summed E-state index contributed by atoms with van der Waals surface area (Å²) < 4.78 is 2.75. The molecule has 0 atom stereocenters. The van der Waals surface area contributed by atoms with Gasteiger partial charge in [0.1, 0.15) is 0 Å². The highest BCUT2D eigenvalue weighted by Gasteiger charge is 2.07. The fraction of sp³-hybridized carbons (Fsp3) is 0.231. The third kappa shape index (κ3) is 2.24. The normalized spacial score (nSPS) is 11.2. The zero-order valence-electron chi connectivity index (χ0n) is 11.1. The van der Waals surface area contributed by atoms with E-state index in [0.717, 1.165) is 32.5 Å². The molecule has 0 aliphatic heterocycles. The second-order valence-corrected chi connectivity index (χ2v) is 5.54. The van der Waals surface area contributed by atoms with Crippen LogP contribution < -0.4 is 11.0 Å². The Hall–Kier alpha value is -2.02. The summed E-state index contributed by atoms with van der Waals surface area (Å²) in [5, 5.41) is 7.57. The van der Waals surface area contributed by atoms with Crippen molar-refractivity contribution >= 4 is 32.7 Å². The summed E-state index contributed by atoms with van der Waals surface area (Å²) in [7, 11) is 1.92. The van der Waals surface area contributed by atoms with Crippen molar-refractivity contribution in [2.45, 2.75) is 13.5 Å². The molecular formula is C13H14BrN5O. The van der Waals surface area contributed by atoms with Crippen molar-refractivity contribution in [2.75, 3.05) is 5.32 Å². The van der Waals surface area contributed by atoms with Crippen LogP contribution in [0.3, 0.4) is 0 Å². The van der Waals surface area contributed by atoms with Gasteiger partial charge in [-0.25, -0.2) is 4.79 Å². The predicted molar refractivity (Wildman–Crippen MR) is 81.9 cm³/mol. The lowest BCUT2D eigenvalue weighted by atomic mass is 10.2. The number of H-pyrrole nitrogens is 2. The number of hydrogen-bond donors (Lipinski definition) is 3. The number of rotatable bonds is 3. The zero-order valence-corrected chi connectivity index (χ0v) is 12.7. The number of anilines is 1. The van der Waals surface area contributed by atoms with Crippen LogP contribution in [0.25, 0.3) is 11.0 Å². The maximum atomic E-state index is 11.3. The summed E-state index contributed by atoms with van der Waals surface area (Å²) in [6.45, 7) is 2.71. The Morgan fingerprint density at radius 3 is 2.70 bits per heavy atom. The number of halogens is 1. The third-order valence-electron chi connectivity index (χ3n) is 3.41. The lowest BCUT2D eigenvalue weighted by Crippen LogP contribution is -2.02. The number of imidazole rings is 1. The quantitative estimate of drug-likeness (QED) is 0.687. The highest BCUT2D eigenvalue weighted by Crippen LogP contribution is 2.27. The minimum absolute atomic E-state index is 0.202. The van der Waals surface area contributed by atoms with Gasteiger partial charge in [-0.3, -0.25) is 4.68 Å². The molecule has 3 rings (SSSR count). The van der Waals surface area contributed by atoms with Gasteiger partial charge in [-0.2, -0.15) is 5.10 Å². The first-order valence-corrected chi connectivity index (χ1v) is 6.97. The highest BCUT2D eigenvalue weighted by atomic mass is 79.9. The van der Waals surface area contributed by atoms with Crippen LogP contribution >= 0.6 is 15.9 Å². The van der Waals surface area contributed by atoms with Crippen LogP contribution in [0.2, 0.25) is 0 Å². The van der Waals surface area contributed by atoms with Crippen molar-refractivity contribution < 1.29 is 0 Å². The van der Waals surface area contributed by atoms with E-state index in [1.165, 1.54) is 0 Å².